The maximum Gasteiger partial charge on any atom is 0.346 e. The van der Waals surface area contributed by atoms with Crippen molar-refractivity contribution in [1.29, 1.82) is 0 Å². The molecule has 320 valence electrons. The van der Waals surface area contributed by atoms with Gasteiger partial charge in [-0.1, -0.05) is 41.9 Å². The standard InChI is InChI=1S/C45H44ClFN8O6S/c1-27-23-37(60-25-31-15-16-48-42(51-31)33-7-5-6-8-34(33)58-4)55(52-27)24-36(45(56)57)61-43-39-38(41(62-44(39)50-26-49-43)29-9-11-30(47)12-10-29)32-13-14-35(40(46)28(32)2)59-22-21-54-19-17-53(3)18-20-54/h5-16,23,26,36H,17-22,24-25H2,1-4H3,(H,56,57)/t36-/m1/s1. The van der Waals surface area contributed by atoms with E-state index in [1.807, 2.05) is 43.3 Å². The molecule has 1 aliphatic heterocycles. The quantitative estimate of drug-likeness (QED) is 0.101. The van der Waals surface area contributed by atoms with Crippen molar-refractivity contribution in [2.45, 2.75) is 33.1 Å². The van der Waals surface area contributed by atoms with Gasteiger partial charge in [0.15, 0.2) is 5.82 Å². The van der Waals surface area contributed by atoms with Crippen LogP contribution in [0.25, 0.3) is 43.2 Å². The van der Waals surface area contributed by atoms with Crippen molar-refractivity contribution in [2.75, 3.05) is 53.5 Å². The number of hydrogen-bond donors (Lipinski definition) is 1. The van der Waals surface area contributed by atoms with Gasteiger partial charge in [-0.2, -0.15) is 5.10 Å². The molecular weight excluding hydrogens is 835 g/mol. The van der Waals surface area contributed by atoms with Crippen molar-refractivity contribution in [1.82, 2.24) is 39.5 Å². The number of aryl methyl sites for hydroxylation is 1. The van der Waals surface area contributed by atoms with E-state index in [4.69, 9.17) is 30.5 Å². The highest BCUT2D eigenvalue weighted by Gasteiger charge is 2.29. The van der Waals surface area contributed by atoms with Crippen molar-refractivity contribution in [3.63, 3.8) is 0 Å². The van der Waals surface area contributed by atoms with E-state index in [0.717, 1.165) is 59.9 Å². The molecule has 0 saturated carbocycles. The summed E-state index contributed by atoms with van der Waals surface area (Å²) in [5.74, 6) is 0.380. The number of benzene rings is 3. The normalized spacial score (nSPS) is 13.9. The van der Waals surface area contributed by atoms with Crippen LogP contribution in [0.1, 0.15) is 17.0 Å². The Balaban J connectivity index is 1.08. The summed E-state index contributed by atoms with van der Waals surface area (Å²) in [6, 6.07) is 20.8. The summed E-state index contributed by atoms with van der Waals surface area (Å²) in [6.07, 6.45) is 1.51. The van der Waals surface area contributed by atoms with Crippen LogP contribution in [0.5, 0.6) is 23.3 Å². The third-order valence-corrected chi connectivity index (χ3v) is 12.2. The Hall–Kier alpha value is -6.20. The Bertz CT molecular complexity index is 2710. The van der Waals surface area contributed by atoms with Gasteiger partial charge in [-0.15, -0.1) is 11.3 Å². The first-order valence-corrected chi connectivity index (χ1v) is 21.1. The van der Waals surface area contributed by atoms with Crippen LogP contribution < -0.4 is 18.9 Å². The van der Waals surface area contributed by atoms with Gasteiger partial charge in [0.1, 0.15) is 41.7 Å². The Kier molecular flexibility index (Phi) is 12.9. The van der Waals surface area contributed by atoms with Crippen LogP contribution in [0.15, 0.2) is 85.3 Å². The van der Waals surface area contributed by atoms with Crippen LogP contribution in [-0.4, -0.2) is 110 Å². The monoisotopic (exact) mass is 878 g/mol. The van der Waals surface area contributed by atoms with Crippen LogP contribution in [0.2, 0.25) is 5.02 Å². The fourth-order valence-electron chi connectivity index (χ4n) is 7.27. The number of carboxylic acid groups (broad SMARTS) is 1. The topological polar surface area (TPSA) is 150 Å². The number of methoxy groups -OCH3 is 1. The van der Waals surface area contributed by atoms with Gasteiger partial charge >= 0.3 is 5.97 Å². The van der Waals surface area contributed by atoms with Gasteiger partial charge < -0.3 is 29.0 Å². The smallest absolute Gasteiger partial charge is 0.346 e. The molecule has 0 aliphatic carbocycles. The lowest BCUT2D eigenvalue weighted by Gasteiger charge is -2.32. The second kappa shape index (κ2) is 18.8. The van der Waals surface area contributed by atoms with Crippen LogP contribution in [0.4, 0.5) is 4.39 Å². The van der Waals surface area contributed by atoms with Gasteiger partial charge in [0.25, 0.3) is 0 Å². The molecule has 4 aromatic heterocycles. The van der Waals surface area contributed by atoms with Gasteiger partial charge in [-0.05, 0) is 74.0 Å². The molecule has 14 nitrogen and oxygen atoms in total. The molecule has 0 amide bonds. The van der Waals surface area contributed by atoms with Crippen LogP contribution >= 0.6 is 22.9 Å². The summed E-state index contributed by atoms with van der Waals surface area (Å²) < 4.78 is 39.9. The van der Waals surface area contributed by atoms with E-state index >= 15 is 0 Å². The number of aliphatic carboxylic acids is 1. The fraction of sp³-hybridized carbons (Fsp3) is 0.289. The molecular formula is C45H44ClFN8O6S. The van der Waals surface area contributed by atoms with Crippen molar-refractivity contribution in [2.24, 2.45) is 0 Å². The first-order chi connectivity index (χ1) is 30.1. The number of hydrogen-bond acceptors (Lipinski definition) is 13. The zero-order chi connectivity index (χ0) is 43.3. The number of carboxylic acids is 1. The summed E-state index contributed by atoms with van der Waals surface area (Å²) in [5, 5.41) is 16.0. The van der Waals surface area contributed by atoms with Crippen LogP contribution in [0, 0.1) is 19.7 Å². The number of halogens is 2. The number of piperazine rings is 1. The molecule has 17 heteroatoms. The molecule has 3 aromatic carbocycles. The number of likely N-dealkylation sites (N-methyl/N-ethyl adjacent to an activating group) is 1. The first kappa shape index (κ1) is 42.5. The van der Waals surface area contributed by atoms with Gasteiger partial charge in [0, 0.05) is 55.4 Å². The molecule has 1 aliphatic rings. The Morgan fingerprint density at radius 3 is 2.52 bits per heavy atom. The molecule has 0 spiro atoms. The van der Waals surface area contributed by atoms with E-state index in [0.29, 0.717) is 62.0 Å². The minimum atomic E-state index is -1.46. The SMILES string of the molecule is COc1ccccc1-c1nccc(COc2cc(C)nn2C[C@@H](Oc2ncnc3sc(-c4ccc(F)cc4)c(-c4ccc(OCCN5CCN(C)CC5)c(Cl)c4C)c23)C(=O)O)n1. The molecule has 1 saturated heterocycles. The van der Waals surface area contributed by atoms with E-state index in [9.17, 15) is 14.3 Å². The van der Waals surface area contributed by atoms with Gasteiger partial charge in [0.2, 0.25) is 17.9 Å². The molecule has 0 unspecified atom stereocenters. The van der Waals surface area contributed by atoms with E-state index in [2.05, 4.69) is 41.9 Å². The Morgan fingerprint density at radius 2 is 1.74 bits per heavy atom. The van der Waals surface area contributed by atoms with E-state index in [-0.39, 0.29) is 24.8 Å². The van der Waals surface area contributed by atoms with E-state index < -0.39 is 12.1 Å². The fourth-order valence-corrected chi connectivity index (χ4v) is 8.64. The molecule has 7 aromatic rings. The first-order valence-electron chi connectivity index (χ1n) is 19.9. The van der Waals surface area contributed by atoms with Crippen molar-refractivity contribution >= 4 is 39.1 Å². The summed E-state index contributed by atoms with van der Waals surface area (Å²) in [4.78, 5) is 37.1. The molecule has 8 rings (SSSR count). The Morgan fingerprint density at radius 1 is 0.952 bits per heavy atom. The average molecular weight is 879 g/mol. The van der Waals surface area contributed by atoms with Crippen LogP contribution in [0.3, 0.4) is 0 Å². The van der Waals surface area contributed by atoms with Gasteiger partial charge in [0.05, 0.1) is 41.0 Å². The van der Waals surface area contributed by atoms with Gasteiger partial charge in [-0.25, -0.2) is 33.8 Å². The summed E-state index contributed by atoms with van der Waals surface area (Å²) >= 11 is 8.40. The number of carbonyl (C=O) groups is 1. The molecule has 0 bridgehead atoms. The summed E-state index contributed by atoms with van der Waals surface area (Å²) in [5.41, 5.74) is 4.77. The minimum Gasteiger partial charge on any atom is -0.496 e. The molecule has 0 radical (unpaired) electrons. The number of aromatic nitrogens is 6. The van der Waals surface area contributed by atoms with E-state index in [1.54, 1.807) is 44.5 Å². The number of para-hydroxylation sites is 1. The lowest BCUT2D eigenvalue weighted by atomic mass is 9.96. The maximum atomic E-state index is 14.2. The molecule has 62 heavy (non-hydrogen) atoms. The average Bonchev–Trinajstić information content (AvgIpc) is 3.85. The van der Waals surface area contributed by atoms with E-state index in [1.165, 1.54) is 34.5 Å². The predicted octanol–water partition coefficient (Wildman–Crippen LogP) is 7.83. The number of thiophene rings is 1. The number of fused-ring (bicyclic) bond motifs is 1. The van der Waals surface area contributed by atoms with Gasteiger partial charge in [-0.3, -0.25) is 4.90 Å². The second-order valence-electron chi connectivity index (χ2n) is 14.8. The maximum absolute atomic E-state index is 14.2. The highest BCUT2D eigenvalue weighted by molar-refractivity contribution is 7.22. The third kappa shape index (κ3) is 9.33. The van der Waals surface area contributed by atoms with Crippen molar-refractivity contribution in [3.05, 3.63) is 113 Å². The van der Waals surface area contributed by atoms with Crippen molar-refractivity contribution in [3.8, 4) is 56.2 Å². The number of ether oxygens (including phenoxy) is 4. The molecule has 1 atom stereocenters. The molecule has 1 N–H and O–H groups in total. The molecule has 5 heterocycles. The van der Waals surface area contributed by atoms with Crippen molar-refractivity contribution < 1.29 is 33.2 Å². The highest BCUT2D eigenvalue weighted by atomic mass is 35.5. The highest BCUT2D eigenvalue weighted by Crippen LogP contribution is 2.49. The second-order valence-corrected chi connectivity index (χ2v) is 16.2. The third-order valence-electron chi connectivity index (χ3n) is 10.6. The lowest BCUT2D eigenvalue weighted by Crippen LogP contribution is -2.45. The predicted molar refractivity (Wildman–Crippen MR) is 235 cm³/mol. The summed E-state index contributed by atoms with van der Waals surface area (Å²) in [7, 11) is 3.71. The largest absolute Gasteiger partial charge is 0.496 e. The summed E-state index contributed by atoms with van der Waals surface area (Å²) in [6.45, 7) is 8.73. The zero-order valence-electron chi connectivity index (χ0n) is 34.5. The molecule has 1 fully saturated rings. The number of nitrogens with zero attached hydrogens (tertiary/aromatic N) is 8. The van der Waals surface area contributed by atoms with Crippen LogP contribution in [-0.2, 0) is 17.9 Å². The lowest BCUT2D eigenvalue weighted by molar-refractivity contribution is -0.146. The Labute approximate surface area is 366 Å². The zero-order valence-corrected chi connectivity index (χ0v) is 36.1. The minimum absolute atomic E-state index is 0.0428. The number of rotatable bonds is 16.